The molecule has 1 saturated heterocycles. The fraction of sp³-hybridized carbons (Fsp3) is 0.647. The van der Waals surface area contributed by atoms with Gasteiger partial charge in [-0.1, -0.05) is 37.5 Å². The summed E-state index contributed by atoms with van der Waals surface area (Å²) in [7, 11) is 1.73. The number of benzene rings is 1. The predicted molar refractivity (Wildman–Crippen MR) is 80.1 cm³/mol. The number of hydrogen-bond acceptors (Lipinski definition) is 3. The summed E-state index contributed by atoms with van der Waals surface area (Å²) in [4.78, 5) is 0. The van der Waals surface area contributed by atoms with Crippen molar-refractivity contribution in [2.24, 2.45) is 5.41 Å². The van der Waals surface area contributed by atoms with Crippen LogP contribution in [0.5, 0.6) is 5.75 Å². The molecule has 3 nitrogen and oxygen atoms in total. The van der Waals surface area contributed by atoms with E-state index < -0.39 is 0 Å². The molecule has 2 fully saturated rings. The molecular formula is C17H25NO2. The SMILES string of the molecule is COc1ccccc1C1CNCC2(CCCCC2)CO1. The van der Waals surface area contributed by atoms with Gasteiger partial charge in [-0.15, -0.1) is 0 Å². The highest BCUT2D eigenvalue weighted by molar-refractivity contribution is 5.35. The van der Waals surface area contributed by atoms with Crippen LogP contribution in [-0.2, 0) is 4.74 Å². The van der Waals surface area contributed by atoms with Crippen LogP contribution in [0.3, 0.4) is 0 Å². The smallest absolute Gasteiger partial charge is 0.124 e. The van der Waals surface area contributed by atoms with E-state index in [0.29, 0.717) is 5.41 Å². The number of nitrogens with one attached hydrogen (secondary N) is 1. The summed E-state index contributed by atoms with van der Waals surface area (Å²) in [6.07, 6.45) is 6.80. The van der Waals surface area contributed by atoms with Gasteiger partial charge in [0.05, 0.1) is 19.8 Å². The molecule has 20 heavy (non-hydrogen) atoms. The van der Waals surface area contributed by atoms with E-state index in [-0.39, 0.29) is 6.10 Å². The Morgan fingerprint density at radius 1 is 1.20 bits per heavy atom. The second-order valence-electron chi connectivity index (χ2n) is 6.23. The Morgan fingerprint density at radius 2 is 2.00 bits per heavy atom. The van der Waals surface area contributed by atoms with E-state index in [0.717, 1.165) is 31.0 Å². The summed E-state index contributed by atoms with van der Waals surface area (Å²) >= 11 is 0. The molecule has 0 bridgehead atoms. The Bertz CT molecular complexity index is 440. The molecule has 1 atom stereocenters. The van der Waals surface area contributed by atoms with Crippen molar-refractivity contribution in [3.05, 3.63) is 29.8 Å². The minimum atomic E-state index is 0.104. The first-order valence-electron chi connectivity index (χ1n) is 7.78. The van der Waals surface area contributed by atoms with Crippen LogP contribution in [-0.4, -0.2) is 26.8 Å². The minimum Gasteiger partial charge on any atom is -0.496 e. The summed E-state index contributed by atoms with van der Waals surface area (Å²) in [5.74, 6) is 0.930. The Hall–Kier alpha value is -1.06. The summed E-state index contributed by atoms with van der Waals surface area (Å²) in [5.41, 5.74) is 1.53. The third-order valence-corrected chi connectivity index (χ3v) is 4.82. The van der Waals surface area contributed by atoms with Gasteiger partial charge in [0.15, 0.2) is 0 Å². The second-order valence-corrected chi connectivity index (χ2v) is 6.23. The summed E-state index contributed by atoms with van der Waals surface area (Å²) in [5, 5.41) is 3.63. The maximum atomic E-state index is 6.28. The molecule has 0 aromatic heterocycles. The molecule has 1 unspecified atom stereocenters. The van der Waals surface area contributed by atoms with Gasteiger partial charge in [-0.25, -0.2) is 0 Å². The van der Waals surface area contributed by atoms with Crippen LogP contribution in [0.25, 0.3) is 0 Å². The second kappa shape index (κ2) is 6.15. The molecule has 2 aliphatic rings. The van der Waals surface area contributed by atoms with Crippen LogP contribution < -0.4 is 10.1 Å². The van der Waals surface area contributed by atoms with Crippen LogP contribution in [0.1, 0.15) is 43.8 Å². The van der Waals surface area contributed by atoms with Crippen molar-refractivity contribution >= 4 is 0 Å². The number of methoxy groups -OCH3 is 1. The Balaban J connectivity index is 1.73. The van der Waals surface area contributed by atoms with Gasteiger partial charge in [-0.2, -0.15) is 0 Å². The van der Waals surface area contributed by atoms with Gasteiger partial charge in [0, 0.05) is 24.1 Å². The van der Waals surface area contributed by atoms with Gasteiger partial charge in [-0.05, 0) is 18.9 Å². The Morgan fingerprint density at radius 3 is 2.80 bits per heavy atom. The molecule has 1 saturated carbocycles. The molecule has 3 rings (SSSR count). The van der Waals surface area contributed by atoms with Crippen LogP contribution in [0.2, 0.25) is 0 Å². The minimum absolute atomic E-state index is 0.104. The van der Waals surface area contributed by atoms with Crippen LogP contribution in [0.15, 0.2) is 24.3 Å². The first-order chi connectivity index (χ1) is 9.83. The molecule has 1 aromatic rings. The molecule has 1 spiro atoms. The predicted octanol–water partition coefficient (Wildman–Crippen LogP) is 3.31. The highest BCUT2D eigenvalue weighted by Gasteiger charge is 2.35. The number of para-hydroxylation sites is 1. The van der Waals surface area contributed by atoms with E-state index in [4.69, 9.17) is 9.47 Å². The average molecular weight is 275 g/mol. The molecule has 0 amide bonds. The third kappa shape index (κ3) is 2.84. The Kier molecular flexibility index (Phi) is 4.27. The maximum absolute atomic E-state index is 6.28. The van der Waals surface area contributed by atoms with Gasteiger partial charge in [0.25, 0.3) is 0 Å². The zero-order valence-electron chi connectivity index (χ0n) is 12.4. The lowest BCUT2D eigenvalue weighted by molar-refractivity contribution is -0.00223. The monoisotopic (exact) mass is 275 g/mol. The molecule has 3 heteroatoms. The van der Waals surface area contributed by atoms with Crippen molar-refractivity contribution < 1.29 is 9.47 Å². The quantitative estimate of drug-likeness (QED) is 0.898. The van der Waals surface area contributed by atoms with Crippen molar-refractivity contribution in [2.45, 2.75) is 38.2 Å². The molecule has 110 valence electrons. The molecule has 1 heterocycles. The highest BCUT2D eigenvalue weighted by Crippen LogP contribution is 2.39. The summed E-state index contributed by atoms with van der Waals surface area (Å²) in [6, 6.07) is 8.20. The van der Waals surface area contributed by atoms with Crippen molar-refractivity contribution in [3.8, 4) is 5.75 Å². The normalized spacial score (nSPS) is 26.1. The molecule has 1 N–H and O–H groups in total. The lowest BCUT2D eigenvalue weighted by atomic mass is 9.74. The summed E-state index contributed by atoms with van der Waals surface area (Å²) in [6.45, 7) is 2.85. The zero-order valence-corrected chi connectivity index (χ0v) is 12.4. The number of ether oxygens (including phenoxy) is 2. The molecule has 1 aromatic carbocycles. The average Bonchev–Trinajstić information content (AvgIpc) is 2.71. The first kappa shape index (κ1) is 13.9. The fourth-order valence-electron chi connectivity index (χ4n) is 3.61. The molecule has 1 aliphatic heterocycles. The van der Waals surface area contributed by atoms with E-state index in [9.17, 15) is 0 Å². The van der Waals surface area contributed by atoms with E-state index in [2.05, 4.69) is 17.4 Å². The summed E-state index contributed by atoms with van der Waals surface area (Å²) < 4.78 is 11.8. The number of hydrogen-bond donors (Lipinski definition) is 1. The molecule has 0 radical (unpaired) electrons. The molecular weight excluding hydrogens is 250 g/mol. The van der Waals surface area contributed by atoms with Crippen LogP contribution >= 0.6 is 0 Å². The molecule has 1 aliphatic carbocycles. The lowest BCUT2D eigenvalue weighted by Gasteiger charge is -2.35. The number of rotatable bonds is 2. The van der Waals surface area contributed by atoms with Crippen molar-refractivity contribution in [1.29, 1.82) is 0 Å². The van der Waals surface area contributed by atoms with Crippen molar-refractivity contribution in [1.82, 2.24) is 5.32 Å². The van der Waals surface area contributed by atoms with Gasteiger partial charge in [-0.3, -0.25) is 0 Å². The van der Waals surface area contributed by atoms with E-state index in [1.54, 1.807) is 7.11 Å². The van der Waals surface area contributed by atoms with Crippen LogP contribution in [0.4, 0.5) is 0 Å². The zero-order chi connectivity index (χ0) is 13.8. The largest absolute Gasteiger partial charge is 0.496 e. The Labute approximate surface area is 121 Å². The van der Waals surface area contributed by atoms with Crippen molar-refractivity contribution in [3.63, 3.8) is 0 Å². The standard InChI is InChI=1S/C17H25NO2/c1-19-15-8-4-3-7-14(15)16-11-18-12-17(13-20-16)9-5-2-6-10-17/h3-4,7-8,16,18H,2,5-6,9-13H2,1H3. The van der Waals surface area contributed by atoms with Crippen LogP contribution in [0, 0.1) is 5.41 Å². The maximum Gasteiger partial charge on any atom is 0.124 e. The van der Waals surface area contributed by atoms with Gasteiger partial charge >= 0.3 is 0 Å². The lowest BCUT2D eigenvalue weighted by Crippen LogP contribution is -2.37. The first-order valence-corrected chi connectivity index (χ1v) is 7.78. The fourth-order valence-corrected chi connectivity index (χ4v) is 3.61. The topological polar surface area (TPSA) is 30.5 Å². The van der Waals surface area contributed by atoms with E-state index in [1.165, 1.54) is 32.1 Å². The van der Waals surface area contributed by atoms with Gasteiger partial charge in [0.2, 0.25) is 0 Å². The van der Waals surface area contributed by atoms with Gasteiger partial charge in [0.1, 0.15) is 5.75 Å². The third-order valence-electron chi connectivity index (χ3n) is 4.82. The van der Waals surface area contributed by atoms with Gasteiger partial charge < -0.3 is 14.8 Å². The highest BCUT2D eigenvalue weighted by atomic mass is 16.5. The van der Waals surface area contributed by atoms with Crippen molar-refractivity contribution in [2.75, 3.05) is 26.8 Å². The van der Waals surface area contributed by atoms with E-state index >= 15 is 0 Å². The van der Waals surface area contributed by atoms with E-state index in [1.807, 2.05) is 12.1 Å².